The average Bonchev–Trinajstić information content (AvgIpc) is 3.92. The molecule has 1 fully saturated rings. The van der Waals surface area contributed by atoms with Crippen LogP contribution in [-0.4, -0.2) is 90.1 Å². The van der Waals surface area contributed by atoms with Gasteiger partial charge in [0.15, 0.2) is 6.29 Å². The molecule has 0 saturated carbocycles. The van der Waals surface area contributed by atoms with Gasteiger partial charge in [0.25, 0.3) is 20.0 Å². The molecule has 1 aliphatic rings. The molecule has 1 atom stereocenters. The number of benzene rings is 4. The third-order valence-electron chi connectivity index (χ3n) is 10.4. The van der Waals surface area contributed by atoms with Crippen molar-refractivity contribution >= 4 is 32.2 Å². The van der Waals surface area contributed by atoms with Crippen molar-refractivity contribution in [3.63, 3.8) is 0 Å². The summed E-state index contributed by atoms with van der Waals surface area (Å²) in [7, 11) is -5.15. The van der Waals surface area contributed by atoms with E-state index in [0.717, 1.165) is 27.2 Å². The molecule has 4 aromatic carbocycles. The summed E-state index contributed by atoms with van der Waals surface area (Å²) in [5, 5.41) is 9.50. The quantitative estimate of drug-likeness (QED) is 0.123. The van der Waals surface area contributed by atoms with E-state index in [9.17, 15) is 40.3 Å². The molecule has 2 aromatic heterocycles. The Hall–Kier alpha value is -6.70. The van der Waals surface area contributed by atoms with Crippen molar-refractivity contribution in [1.29, 1.82) is 0 Å². The van der Waals surface area contributed by atoms with Crippen LogP contribution in [0.15, 0.2) is 131 Å². The summed E-state index contributed by atoms with van der Waals surface area (Å²) in [6, 6.07) is 26.0. The van der Waals surface area contributed by atoms with Crippen molar-refractivity contribution in [2.45, 2.75) is 101 Å². The first-order valence-corrected chi connectivity index (χ1v) is 25.2. The predicted octanol–water partition coefficient (Wildman–Crippen LogP) is 10.4. The topological polar surface area (TPSA) is 176 Å². The first-order valence-electron chi connectivity index (χ1n) is 22.3. The van der Waals surface area contributed by atoms with Gasteiger partial charge in [-0.2, -0.15) is 0 Å². The van der Waals surface area contributed by atoms with Crippen molar-refractivity contribution in [1.82, 2.24) is 17.7 Å². The Morgan fingerprint density at radius 1 is 0.657 bits per heavy atom. The standard InChI is InChI=1S/C28H33FN2O6S.C23H25FN2O5S/c1-28(2,3)37-27(32)30(4)18-20-17-25(23-9-5-6-10-24(23)29)31(19-20)38(33,34)22-14-12-21(13-15-22)36-26-11-7-8-16-35-26;1-23(2,3)31-22(28)25(4)14-16-13-21(19-7-5-6-8-20(19)24)26(15-16)32(29,30)18-11-9-17(27)10-12-18/h5-6,9-10,12-15,17,19,26H,7-8,11,16,18H2,1-4H3;5-13,15,27H,14H2,1-4H3. The number of amides is 2. The van der Waals surface area contributed by atoms with E-state index in [4.69, 9.17) is 18.9 Å². The molecule has 0 spiro atoms. The second-order valence-electron chi connectivity index (χ2n) is 18.6. The number of rotatable bonds is 12. The molecular weight excluding hydrogens is 947 g/mol. The summed E-state index contributed by atoms with van der Waals surface area (Å²) in [6.07, 6.45) is 4.05. The van der Waals surface area contributed by atoms with Crippen LogP contribution in [-0.2, 0) is 47.3 Å². The van der Waals surface area contributed by atoms with Gasteiger partial charge in [0.05, 0.1) is 40.9 Å². The van der Waals surface area contributed by atoms with Crippen LogP contribution in [0.25, 0.3) is 22.5 Å². The predicted molar refractivity (Wildman–Crippen MR) is 259 cm³/mol. The van der Waals surface area contributed by atoms with Crippen LogP contribution in [0.5, 0.6) is 11.5 Å². The highest BCUT2D eigenvalue weighted by atomic mass is 32.2. The van der Waals surface area contributed by atoms with Crippen LogP contribution in [0.4, 0.5) is 18.4 Å². The number of ether oxygens (including phenoxy) is 4. The summed E-state index contributed by atoms with van der Waals surface area (Å²) < 4.78 is 108. The molecule has 0 radical (unpaired) electrons. The molecule has 1 aliphatic heterocycles. The van der Waals surface area contributed by atoms with E-state index < -0.39 is 55.1 Å². The van der Waals surface area contributed by atoms with E-state index in [1.807, 2.05) is 0 Å². The highest BCUT2D eigenvalue weighted by molar-refractivity contribution is 7.90. The Morgan fingerprint density at radius 3 is 1.46 bits per heavy atom. The number of hydrogen-bond donors (Lipinski definition) is 1. The number of carbonyl (C=O) groups is 2. The maximum atomic E-state index is 14.8. The number of hydrogen-bond acceptors (Lipinski definition) is 11. The lowest BCUT2D eigenvalue weighted by Gasteiger charge is -2.24. The van der Waals surface area contributed by atoms with E-state index in [1.54, 1.807) is 78.9 Å². The summed E-state index contributed by atoms with van der Waals surface area (Å²) in [6.45, 7) is 11.3. The minimum atomic E-state index is -4.12. The fourth-order valence-corrected chi connectivity index (χ4v) is 9.93. The van der Waals surface area contributed by atoms with Crippen LogP contribution in [0.1, 0.15) is 71.9 Å². The number of phenolic OH excluding ortho intramolecular Hbond substituents is 1. The molecule has 6 aromatic rings. The Balaban J connectivity index is 0.000000233. The highest BCUT2D eigenvalue weighted by Gasteiger charge is 2.28. The Labute approximate surface area is 407 Å². The van der Waals surface area contributed by atoms with Gasteiger partial charge in [0, 0.05) is 44.0 Å². The van der Waals surface area contributed by atoms with Crippen molar-refractivity contribution in [3.05, 3.63) is 144 Å². The van der Waals surface area contributed by atoms with Gasteiger partial charge in [0.1, 0.15) is 34.3 Å². The largest absolute Gasteiger partial charge is 0.508 e. The van der Waals surface area contributed by atoms with Crippen LogP contribution in [0, 0.1) is 11.6 Å². The molecule has 374 valence electrons. The number of phenols is 1. The van der Waals surface area contributed by atoms with Crippen molar-refractivity contribution < 1.29 is 59.3 Å². The third kappa shape index (κ3) is 13.3. The minimum absolute atomic E-state index is 0.00893. The Kier molecular flexibility index (Phi) is 16.2. The zero-order valence-electron chi connectivity index (χ0n) is 40.3. The summed E-state index contributed by atoms with van der Waals surface area (Å²) in [4.78, 5) is 27.4. The van der Waals surface area contributed by atoms with Crippen LogP contribution in [0.3, 0.4) is 0 Å². The SMILES string of the molecule is CN(Cc1cc(-c2ccccc2F)n(S(=O)(=O)c2ccc(O)cc2)c1)C(=O)OC(C)(C)C.CN(Cc1cc(-c2ccccc2F)n(S(=O)(=O)c2ccc(OC3CCCCO3)cc2)c1)C(=O)OC(C)(C)C. The van der Waals surface area contributed by atoms with Gasteiger partial charge in [0.2, 0.25) is 0 Å². The molecule has 19 heteroatoms. The van der Waals surface area contributed by atoms with E-state index >= 15 is 0 Å². The van der Waals surface area contributed by atoms with E-state index in [0.29, 0.717) is 23.5 Å². The van der Waals surface area contributed by atoms with Crippen LogP contribution < -0.4 is 4.74 Å². The molecule has 1 saturated heterocycles. The van der Waals surface area contributed by atoms with Gasteiger partial charge in [-0.25, -0.2) is 43.2 Å². The van der Waals surface area contributed by atoms with Gasteiger partial charge in [-0.1, -0.05) is 24.3 Å². The number of nitrogens with zero attached hydrogens (tertiary/aromatic N) is 4. The lowest BCUT2D eigenvalue weighted by atomic mass is 10.1. The van der Waals surface area contributed by atoms with Gasteiger partial charge in [-0.3, -0.25) is 0 Å². The third-order valence-corrected chi connectivity index (χ3v) is 13.8. The number of aromatic nitrogens is 2. The van der Waals surface area contributed by atoms with Crippen LogP contribution >= 0.6 is 0 Å². The molecular formula is C51H58F2N4O11S2. The molecule has 1 unspecified atom stereocenters. The zero-order valence-corrected chi connectivity index (χ0v) is 41.9. The summed E-state index contributed by atoms with van der Waals surface area (Å²) in [5.74, 6) is -0.729. The molecule has 15 nitrogen and oxygen atoms in total. The number of aromatic hydroxyl groups is 1. The van der Waals surface area contributed by atoms with Gasteiger partial charge in [-0.15, -0.1) is 0 Å². The monoisotopic (exact) mass is 1000 g/mol. The first-order chi connectivity index (χ1) is 32.8. The minimum Gasteiger partial charge on any atom is -0.508 e. The normalized spacial score (nSPS) is 14.2. The van der Waals surface area contributed by atoms with E-state index in [2.05, 4.69) is 0 Å². The molecule has 1 N–H and O–H groups in total. The fourth-order valence-electron chi connectivity index (χ4n) is 7.14. The Bertz CT molecular complexity index is 3010. The fraction of sp³-hybridized carbons (Fsp3) is 0.333. The average molecular weight is 1010 g/mol. The highest BCUT2D eigenvalue weighted by Crippen LogP contribution is 2.33. The Morgan fingerprint density at radius 2 is 1.07 bits per heavy atom. The molecule has 3 heterocycles. The number of halogens is 2. The van der Waals surface area contributed by atoms with E-state index in [-0.39, 0.29) is 57.4 Å². The molecule has 2 amide bonds. The summed E-state index contributed by atoms with van der Waals surface area (Å²) in [5.41, 5.74) is 0.0806. The molecule has 0 aliphatic carbocycles. The van der Waals surface area contributed by atoms with Gasteiger partial charge < -0.3 is 33.9 Å². The zero-order chi connectivity index (χ0) is 51.2. The number of carbonyl (C=O) groups excluding carboxylic acids is 2. The molecule has 7 rings (SSSR count). The smallest absolute Gasteiger partial charge is 0.410 e. The van der Waals surface area contributed by atoms with Crippen molar-refractivity contribution in [2.75, 3.05) is 20.7 Å². The summed E-state index contributed by atoms with van der Waals surface area (Å²) >= 11 is 0. The lowest BCUT2D eigenvalue weighted by molar-refractivity contribution is -0.105. The van der Waals surface area contributed by atoms with Gasteiger partial charge >= 0.3 is 12.2 Å². The van der Waals surface area contributed by atoms with Crippen molar-refractivity contribution in [3.8, 4) is 34.0 Å². The second kappa shape index (κ2) is 21.5. The maximum Gasteiger partial charge on any atom is 0.410 e. The molecule has 70 heavy (non-hydrogen) atoms. The van der Waals surface area contributed by atoms with Crippen LogP contribution in [0.2, 0.25) is 0 Å². The van der Waals surface area contributed by atoms with E-state index in [1.165, 1.54) is 108 Å². The van der Waals surface area contributed by atoms with Crippen molar-refractivity contribution in [2.24, 2.45) is 0 Å². The first kappa shape index (κ1) is 52.7. The molecule has 0 bridgehead atoms. The maximum absolute atomic E-state index is 14.8. The second-order valence-corrected chi connectivity index (χ2v) is 22.2. The van der Waals surface area contributed by atoms with Gasteiger partial charge in [-0.05, 0) is 150 Å². The lowest BCUT2D eigenvalue weighted by Crippen LogP contribution is -2.33.